The number of aliphatic hydroxyl groups is 3. The number of allylic oxidation sites excluding steroid dienone is 3. The molecule has 1 aromatic rings. The molecule has 3 N–H and O–H groups in total. The van der Waals surface area contributed by atoms with Gasteiger partial charge >= 0.3 is 5.97 Å². The van der Waals surface area contributed by atoms with Gasteiger partial charge in [-0.25, -0.2) is 0 Å². The van der Waals surface area contributed by atoms with Gasteiger partial charge < -0.3 is 53.4 Å². The van der Waals surface area contributed by atoms with Gasteiger partial charge in [0.15, 0.2) is 18.4 Å². The van der Waals surface area contributed by atoms with Crippen LogP contribution in [0.1, 0.15) is 60.3 Å². The molecule has 1 fully saturated rings. The molecular formula is C43H65NO12. The number of esters is 1. The van der Waals surface area contributed by atoms with Gasteiger partial charge in [-0.05, 0) is 71.3 Å². The number of rotatable bonds is 12. The molecule has 0 aromatic heterocycles. The smallest absolute Gasteiger partial charge is 0.308 e. The molecule has 13 heteroatoms. The Balaban J connectivity index is 1.64. The van der Waals surface area contributed by atoms with Crippen LogP contribution < -0.4 is 4.74 Å². The Morgan fingerprint density at radius 3 is 2.32 bits per heavy atom. The fraction of sp³-hybridized carbons (Fsp3) is 0.674. The molecule has 15 atom stereocenters. The van der Waals surface area contributed by atoms with Crippen LogP contribution in [0.25, 0.3) is 0 Å². The van der Waals surface area contributed by atoms with Crippen molar-refractivity contribution >= 4 is 11.8 Å². The highest BCUT2D eigenvalue weighted by Crippen LogP contribution is 2.35. The Labute approximate surface area is 332 Å². The van der Waals surface area contributed by atoms with Crippen LogP contribution >= 0.6 is 0 Å². The monoisotopic (exact) mass is 787 g/mol. The number of hydrogen-bond acceptors (Lipinski definition) is 13. The van der Waals surface area contributed by atoms with E-state index in [2.05, 4.69) is 0 Å². The van der Waals surface area contributed by atoms with E-state index in [9.17, 15) is 24.9 Å². The summed E-state index contributed by atoms with van der Waals surface area (Å²) in [7, 11) is 5.09. The second-order valence-corrected chi connectivity index (χ2v) is 15.6. The van der Waals surface area contributed by atoms with Crippen molar-refractivity contribution in [1.29, 1.82) is 0 Å². The summed E-state index contributed by atoms with van der Waals surface area (Å²) in [4.78, 5) is 29.0. The maximum absolute atomic E-state index is 13.6. The fourth-order valence-corrected chi connectivity index (χ4v) is 7.68. The summed E-state index contributed by atoms with van der Waals surface area (Å²) in [6, 6.07) is 8.67. The highest BCUT2D eigenvalue weighted by atomic mass is 16.7. The number of carbonyl (C=O) groups excluding carboxylic acids is 2. The van der Waals surface area contributed by atoms with Gasteiger partial charge in [0.1, 0.15) is 24.1 Å². The van der Waals surface area contributed by atoms with Crippen LogP contribution in [0, 0.1) is 23.7 Å². The highest BCUT2D eigenvalue weighted by molar-refractivity contribution is 5.91. The van der Waals surface area contributed by atoms with Crippen molar-refractivity contribution in [2.24, 2.45) is 23.7 Å². The Morgan fingerprint density at radius 1 is 0.911 bits per heavy atom. The molecule has 0 aliphatic carbocycles. The number of aliphatic hydroxyl groups excluding tert-OH is 3. The standard InChI is InChI=1S/C43H65NO12/c1-9-35-31(25-52-42-36(50-8)20-19-27(3)53-42)15-13-14-18-33(45)26(2)23-30(21-22-51-32-16-11-10-12-17-32)41(28(4)34(46)24-37(47)55-35)56-43-40(49)38(44(6)7)39(48)29(5)54-43/h10-20,26-31,34-36,38-43,46,48-49H,9,21-25H2,1-8H3/b15-13+,18-14+/t26-,27?,28+,29?,30+,31-,34-,35-,36?,38?,39?,40?,41-,42?,43?/m1/s1. The van der Waals surface area contributed by atoms with Gasteiger partial charge in [-0.3, -0.25) is 9.59 Å². The molecule has 4 rings (SSSR count). The van der Waals surface area contributed by atoms with Crippen LogP contribution in [0.2, 0.25) is 0 Å². The molecule has 0 radical (unpaired) electrons. The second kappa shape index (κ2) is 22.2. The van der Waals surface area contributed by atoms with Crippen molar-refractivity contribution in [3.8, 4) is 5.75 Å². The van der Waals surface area contributed by atoms with E-state index in [0.717, 1.165) is 0 Å². The maximum atomic E-state index is 13.6. The minimum atomic E-state index is -1.25. The van der Waals surface area contributed by atoms with E-state index < -0.39 is 91.0 Å². The Morgan fingerprint density at radius 2 is 1.64 bits per heavy atom. The first-order valence-corrected chi connectivity index (χ1v) is 20.0. The number of ether oxygens (including phenoxy) is 7. The average molecular weight is 788 g/mol. The van der Waals surface area contributed by atoms with Crippen LogP contribution in [0.5, 0.6) is 5.75 Å². The molecule has 314 valence electrons. The van der Waals surface area contributed by atoms with E-state index >= 15 is 0 Å². The van der Waals surface area contributed by atoms with Gasteiger partial charge in [0.25, 0.3) is 0 Å². The first-order valence-electron chi connectivity index (χ1n) is 20.0. The van der Waals surface area contributed by atoms with Crippen molar-refractivity contribution < 1.29 is 58.1 Å². The lowest BCUT2D eigenvalue weighted by Gasteiger charge is -2.46. The summed E-state index contributed by atoms with van der Waals surface area (Å²) in [5.74, 6) is -1.99. The molecule has 1 aromatic carbocycles. The summed E-state index contributed by atoms with van der Waals surface area (Å²) in [6.07, 6.45) is 3.49. The minimum absolute atomic E-state index is 0.105. The number of carbonyl (C=O) groups is 2. The third-order valence-corrected chi connectivity index (χ3v) is 11.1. The number of hydrogen-bond donors (Lipinski definition) is 3. The first kappa shape index (κ1) is 45.7. The largest absolute Gasteiger partial charge is 0.494 e. The Hall–Kier alpha value is -2.98. The summed E-state index contributed by atoms with van der Waals surface area (Å²) in [5, 5.41) is 34.1. The number of benzene rings is 1. The molecule has 0 spiro atoms. The topological polar surface area (TPSA) is 163 Å². The maximum Gasteiger partial charge on any atom is 0.308 e. The molecule has 8 unspecified atom stereocenters. The molecule has 3 aliphatic rings. The van der Waals surface area contributed by atoms with Gasteiger partial charge in [-0.2, -0.15) is 0 Å². The zero-order valence-corrected chi connectivity index (χ0v) is 34.2. The van der Waals surface area contributed by atoms with Crippen molar-refractivity contribution in [2.45, 2.75) is 128 Å². The zero-order chi connectivity index (χ0) is 40.9. The summed E-state index contributed by atoms with van der Waals surface area (Å²) in [5.41, 5.74) is 0. The third kappa shape index (κ3) is 12.8. The lowest BCUT2D eigenvalue weighted by Crippen LogP contribution is -2.63. The quantitative estimate of drug-likeness (QED) is 0.204. The number of cyclic esters (lactones) is 1. The van der Waals surface area contributed by atoms with Crippen molar-refractivity contribution in [3.63, 3.8) is 0 Å². The van der Waals surface area contributed by atoms with Crippen LogP contribution in [0.4, 0.5) is 0 Å². The molecule has 0 saturated carbocycles. The molecule has 3 heterocycles. The van der Waals surface area contributed by atoms with Crippen molar-refractivity contribution in [3.05, 3.63) is 66.8 Å². The number of likely N-dealkylation sites (N-methyl/N-ethyl adjacent to an activating group) is 1. The van der Waals surface area contributed by atoms with Crippen LogP contribution in [0.3, 0.4) is 0 Å². The fourth-order valence-electron chi connectivity index (χ4n) is 7.68. The predicted molar refractivity (Wildman–Crippen MR) is 209 cm³/mol. The average Bonchev–Trinajstić information content (AvgIpc) is 3.17. The van der Waals surface area contributed by atoms with Crippen molar-refractivity contribution in [2.75, 3.05) is 34.4 Å². The molecule has 1 saturated heterocycles. The normalized spacial score (nSPS) is 38.9. The third-order valence-electron chi connectivity index (χ3n) is 11.1. The molecular weight excluding hydrogens is 722 g/mol. The van der Waals surface area contributed by atoms with E-state index in [1.54, 1.807) is 52.1 Å². The van der Waals surface area contributed by atoms with E-state index in [1.807, 2.05) is 69.3 Å². The molecule has 13 nitrogen and oxygen atoms in total. The van der Waals surface area contributed by atoms with Gasteiger partial charge in [0, 0.05) is 24.9 Å². The Bertz CT molecular complexity index is 1440. The predicted octanol–water partition coefficient (Wildman–Crippen LogP) is 4.23. The number of nitrogens with zero attached hydrogens (tertiary/aromatic N) is 1. The number of ketones is 1. The highest BCUT2D eigenvalue weighted by Gasteiger charge is 2.47. The van der Waals surface area contributed by atoms with E-state index in [4.69, 9.17) is 33.2 Å². The van der Waals surface area contributed by atoms with Gasteiger partial charge in [0.05, 0.1) is 56.2 Å². The van der Waals surface area contributed by atoms with Gasteiger partial charge in [-0.1, -0.05) is 69.4 Å². The Kier molecular flexibility index (Phi) is 18.2. The van der Waals surface area contributed by atoms with Crippen LogP contribution in [-0.2, 0) is 38.0 Å². The van der Waals surface area contributed by atoms with Gasteiger partial charge in [-0.15, -0.1) is 0 Å². The lowest BCUT2D eigenvalue weighted by molar-refractivity contribution is -0.304. The summed E-state index contributed by atoms with van der Waals surface area (Å²) in [6.45, 7) is 9.56. The number of para-hydroxylation sites is 1. The molecule has 0 bridgehead atoms. The van der Waals surface area contributed by atoms with E-state index in [1.165, 1.54) is 6.08 Å². The molecule has 3 aliphatic heterocycles. The number of methoxy groups -OCH3 is 1. The minimum Gasteiger partial charge on any atom is -0.494 e. The first-order chi connectivity index (χ1) is 26.7. The van der Waals surface area contributed by atoms with E-state index in [-0.39, 0.29) is 31.5 Å². The molecule has 56 heavy (non-hydrogen) atoms. The second-order valence-electron chi connectivity index (χ2n) is 15.6. The zero-order valence-electron chi connectivity index (χ0n) is 34.2. The summed E-state index contributed by atoms with van der Waals surface area (Å²) < 4.78 is 42.5. The van der Waals surface area contributed by atoms with Gasteiger partial charge in [0.2, 0.25) is 0 Å². The molecule has 0 amide bonds. The lowest BCUT2D eigenvalue weighted by atomic mass is 9.79. The van der Waals surface area contributed by atoms with E-state index in [0.29, 0.717) is 25.0 Å². The summed E-state index contributed by atoms with van der Waals surface area (Å²) >= 11 is 0. The van der Waals surface area contributed by atoms with Crippen LogP contribution in [-0.4, -0.2) is 134 Å². The SMILES string of the molecule is CC[C@H]1OC(=O)C[C@@H](O)[C@H](C)[C@@H](OC2OC(C)C(O)C(N(C)C)C2O)[C@@H](CCOc2ccccc2)C[C@@H](C)C(=O)/C=C/C=C/[C@@H]1COC1OC(C)C=CC1OC. The van der Waals surface area contributed by atoms with Crippen LogP contribution in [0.15, 0.2) is 66.8 Å². The van der Waals surface area contributed by atoms with Crippen molar-refractivity contribution in [1.82, 2.24) is 4.90 Å².